The number of amidine groups is 1. The molecule has 0 amide bonds. The summed E-state index contributed by atoms with van der Waals surface area (Å²) in [4.78, 5) is 8.94. The summed E-state index contributed by atoms with van der Waals surface area (Å²) in [6, 6.07) is 18.4. The zero-order valence-corrected chi connectivity index (χ0v) is 14.2. The van der Waals surface area contributed by atoms with Crippen molar-refractivity contribution in [3.63, 3.8) is 0 Å². The van der Waals surface area contributed by atoms with Crippen LogP contribution < -0.4 is 5.43 Å². The number of fused-ring (bicyclic) bond motifs is 1. The summed E-state index contributed by atoms with van der Waals surface area (Å²) in [7, 11) is 0. The highest BCUT2D eigenvalue weighted by Crippen LogP contribution is 2.26. The quantitative estimate of drug-likeness (QED) is 0.769. The van der Waals surface area contributed by atoms with Crippen LogP contribution in [0.4, 0.5) is 5.69 Å². The Labute approximate surface area is 147 Å². The lowest BCUT2D eigenvalue weighted by Crippen LogP contribution is -2.19. The second-order valence-corrected chi connectivity index (χ2v) is 6.16. The zero-order chi connectivity index (χ0) is 17.2. The third kappa shape index (κ3) is 3.06. The number of nitrogens with zero attached hydrogens (tertiary/aromatic N) is 3. The lowest BCUT2D eigenvalue weighted by atomic mass is 10.00. The summed E-state index contributed by atoms with van der Waals surface area (Å²) in [5.41, 5.74) is 10.3. The number of hydrogen-bond acceptors (Lipinski definition) is 4. The average Bonchev–Trinajstić information content (AvgIpc) is 2.82. The van der Waals surface area contributed by atoms with Gasteiger partial charge < -0.3 is 0 Å². The maximum absolute atomic E-state index is 4.83. The van der Waals surface area contributed by atoms with E-state index in [1.54, 1.807) is 12.4 Å². The molecule has 1 N–H and O–H groups in total. The molecule has 0 fully saturated rings. The molecule has 0 bridgehead atoms. The van der Waals surface area contributed by atoms with Gasteiger partial charge >= 0.3 is 0 Å². The summed E-state index contributed by atoms with van der Waals surface area (Å²) in [6.45, 7) is 4.15. The number of aromatic nitrogens is 1. The van der Waals surface area contributed by atoms with Crippen molar-refractivity contribution < 1.29 is 0 Å². The van der Waals surface area contributed by atoms with Crippen molar-refractivity contribution in [3.05, 3.63) is 94.8 Å². The van der Waals surface area contributed by atoms with Crippen LogP contribution in [0.5, 0.6) is 0 Å². The van der Waals surface area contributed by atoms with Crippen LogP contribution in [0.1, 0.15) is 27.8 Å². The highest BCUT2D eigenvalue weighted by Gasteiger charge is 2.17. The monoisotopic (exact) mass is 326 g/mol. The summed E-state index contributed by atoms with van der Waals surface area (Å²) >= 11 is 0. The van der Waals surface area contributed by atoms with Crippen molar-refractivity contribution in [3.8, 4) is 0 Å². The Bertz CT molecular complexity index is 971. The molecule has 1 aliphatic heterocycles. The summed E-state index contributed by atoms with van der Waals surface area (Å²) in [6.07, 6.45) is 3.56. The number of hydrazone groups is 1. The van der Waals surface area contributed by atoms with Crippen molar-refractivity contribution in [2.45, 2.75) is 13.8 Å². The molecule has 4 rings (SSSR count). The van der Waals surface area contributed by atoms with Gasteiger partial charge in [-0.05, 0) is 38.1 Å². The summed E-state index contributed by atoms with van der Waals surface area (Å²) in [5.74, 6) is 0.745. The van der Waals surface area contributed by atoms with E-state index in [9.17, 15) is 0 Å². The molecular formula is C21H18N4. The van der Waals surface area contributed by atoms with Crippen molar-refractivity contribution in [2.24, 2.45) is 10.1 Å². The summed E-state index contributed by atoms with van der Waals surface area (Å²) in [5, 5.41) is 4.66. The minimum absolute atomic E-state index is 0.745. The molecule has 0 saturated carbocycles. The molecule has 25 heavy (non-hydrogen) atoms. The van der Waals surface area contributed by atoms with Crippen molar-refractivity contribution >= 4 is 17.2 Å². The fourth-order valence-corrected chi connectivity index (χ4v) is 2.82. The van der Waals surface area contributed by atoms with E-state index in [0.717, 1.165) is 33.9 Å². The number of hydrogen-bond donors (Lipinski definition) is 1. The Morgan fingerprint density at radius 1 is 0.760 bits per heavy atom. The van der Waals surface area contributed by atoms with Gasteiger partial charge in [0.1, 0.15) is 5.71 Å². The SMILES string of the molecule is Cc1ccc(C2=Nc3ccc(C)cc3C(c3ccncc3)=NN2)cc1. The first-order chi connectivity index (χ1) is 12.2. The topological polar surface area (TPSA) is 49.6 Å². The van der Waals surface area contributed by atoms with E-state index in [4.69, 9.17) is 4.99 Å². The molecule has 2 heterocycles. The Morgan fingerprint density at radius 3 is 2.24 bits per heavy atom. The molecule has 0 radical (unpaired) electrons. The van der Waals surface area contributed by atoms with Crippen LogP contribution >= 0.6 is 0 Å². The lowest BCUT2D eigenvalue weighted by molar-refractivity contribution is 1.03. The van der Waals surface area contributed by atoms with Crippen LogP contribution in [0.3, 0.4) is 0 Å². The number of rotatable bonds is 2. The molecule has 4 heteroatoms. The highest BCUT2D eigenvalue weighted by molar-refractivity contribution is 6.18. The van der Waals surface area contributed by atoms with Gasteiger partial charge in [-0.3, -0.25) is 10.4 Å². The molecular weight excluding hydrogens is 308 g/mol. The molecule has 3 aromatic rings. The molecule has 2 aromatic carbocycles. The van der Waals surface area contributed by atoms with Crippen molar-refractivity contribution in [2.75, 3.05) is 0 Å². The zero-order valence-electron chi connectivity index (χ0n) is 14.2. The second-order valence-electron chi connectivity index (χ2n) is 6.16. The van der Waals surface area contributed by atoms with Gasteiger partial charge in [0, 0.05) is 29.1 Å². The van der Waals surface area contributed by atoms with E-state index in [-0.39, 0.29) is 0 Å². The third-order valence-electron chi connectivity index (χ3n) is 4.19. The fourth-order valence-electron chi connectivity index (χ4n) is 2.82. The first-order valence-corrected chi connectivity index (χ1v) is 8.21. The number of nitrogens with one attached hydrogen (secondary N) is 1. The number of aryl methyl sites for hydroxylation is 2. The molecule has 0 aliphatic carbocycles. The van der Waals surface area contributed by atoms with E-state index in [0.29, 0.717) is 0 Å². The standard InChI is InChI=1S/C21H18N4/c1-14-3-6-17(7-4-14)21-23-19-8-5-15(2)13-18(19)20(24-25-21)16-9-11-22-12-10-16/h3-13H,1-2H3,(H,23,25). The first kappa shape index (κ1) is 15.3. The van der Waals surface area contributed by atoms with Gasteiger partial charge in [-0.15, -0.1) is 0 Å². The van der Waals surface area contributed by atoms with Gasteiger partial charge in [-0.2, -0.15) is 5.10 Å². The van der Waals surface area contributed by atoms with E-state index < -0.39 is 0 Å². The van der Waals surface area contributed by atoms with Gasteiger partial charge in [-0.1, -0.05) is 41.5 Å². The van der Waals surface area contributed by atoms with Gasteiger partial charge in [0.05, 0.1) is 5.69 Å². The van der Waals surface area contributed by atoms with Crippen LogP contribution in [0.2, 0.25) is 0 Å². The smallest absolute Gasteiger partial charge is 0.154 e. The molecule has 0 spiro atoms. The number of aliphatic imine (C=N–C) groups is 1. The number of benzene rings is 2. The molecule has 0 unspecified atom stereocenters. The Balaban J connectivity index is 1.87. The highest BCUT2D eigenvalue weighted by atomic mass is 15.3. The average molecular weight is 326 g/mol. The van der Waals surface area contributed by atoms with E-state index in [1.807, 2.05) is 18.2 Å². The maximum Gasteiger partial charge on any atom is 0.154 e. The van der Waals surface area contributed by atoms with Gasteiger partial charge in [0.15, 0.2) is 5.84 Å². The van der Waals surface area contributed by atoms with Crippen LogP contribution in [0, 0.1) is 13.8 Å². The normalized spacial score (nSPS) is 13.2. The van der Waals surface area contributed by atoms with E-state index in [2.05, 4.69) is 65.8 Å². The first-order valence-electron chi connectivity index (χ1n) is 8.21. The summed E-state index contributed by atoms with van der Waals surface area (Å²) < 4.78 is 0. The Morgan fingerprint density at radius 2 is 1.48 bits per heavy atom. The van der Waals surface area contributed by atoms with Crippen molar-refractivity contribution in [1.82, 2.24) is 10.4 Å². The fraction of sp³-hybridized carbons (Fsp3) is 0.0952. The second kappa shape index (κ2) is 6.32. The molecule has 0 saturated heterocycles. The Hall–Kier alpha value is -3.27. The molecule has 1 aliphatic rings. The predicted molar refractivity (Wildman–Crippen MR) is 102 cm³/mol. The van der Waals surface area contributed by atoms with Gasteiger partial charge in [-0.25, -0.2) is 4.99 Å². The molecule has 4 nitrogen and oxygen atoms in total. The third-order valence-corrected chi connectivity index (χ3v) is 4.19. The van der Waals surface area contributed by atoms with Crippen LogP contribution in [-0.4, -0.2) is 16.5 Å². The minimum atomic E-state index is 0.745. The van der Waals surface area contributed by atoms with Crippen LogP contribution in [0.25, 0.3) is 0 Å². The largest absolute Gasteiger partial charge is 0.265 e. The van der Waals surface area contributed by atoms with E-state index in [1.165, 1.54) is 11.1 Å². The predicted octanol–water partition coefficient (Wildman–Crippen LogP) is 4.13. The van der Waals surface area contributed by atoms with Gasteiger partial charge in [0.25, 0.3) is 0 Å². The van der Waals surface area contributed by atoms with Gasteiger partial charge in [0.2, 0.25) is 0 Å². The maximum atomic E-state index is 4.83. The Kier molecular flexibility index (Phi) is 3.86. The lowest BCUT2D eigenvalue weighted by Gasteiger charge is -2.08. The number of pyridine rings is 1. The van der Waals surface area contributed by atoms with E-state index >= 15 is 0 Å². The molecule has 1 aromatic heterocycles. The van der Waals surface area contributed by atoms with Crippen molar-refractivity contribution in [1.29, 1.82) is 0 Å². The molecule has 122 valence electrons. The van der Waals surface area contributed by atoms with Crippen LogP contribution in [-0.2, 0) is 0 Å². The minimum Gasteiger partial charge on any atom is -0.265 e. The van der Waals surface area contributed by atoms with Crippen LogP contribution in [0.15, 0.2) is 77.1 Å². The molecule has 0 atom stereocenters.